The summed E-state index contributed by atoms with van der Waals surface area (Å²) >= 11 is 1.50. The molecule has 6 nitrogen and oxygen atoms in total. The topological polar surface area (TPSA) is 91.3 Å². The molecule has 1 rings (SSSR count). The molecule has 7 heteroatoms. The van der Waals surface area contributed by atoms with Gasteiger partial charge in [-0.3, -0.25) is 4.79 Å². The maximum Gasteiger partial charge on any atom is 0.325 e. The van der Waals surface area contributed by atoms with Gasteiger partial charge in [0.1, 0.15) is 6.04 Å². The molecule has 0 fully saturated rings. The Morgan fingerprint density at radius 2 is 2.38 bits per heavy atom. The number of nitrogens with zero attached hydrogens (tertiary/aromatic N) is 1. The zero-order chi connectivity index (χ0) is 12.0. The molecule has 0 radical (unpaired) electrons. The lowest BCUT2D eigenvalue weighted by molar-refractivity contribution is -0.138. The molecule has 3 N–H and O–H groups in total. The molecule has 1 aromatic rings. The fraction of sp³-hybridized carbons (Fsp3) is 0.444. The summed E-state index contributed by atoms with van der Waals surface area (Å²) in [7, 11) is 0. The zero-order valence-corrected chi connectivity index (χ0v) is 9.58. The van der Waals surface area contributed by atoms with E-state index in [9.17, 15) is 9.59 Å². The predicted octanol–water partition coefficient (Wildman–Crippen LogP) is 0.458. The first-order chi connectivity index (χ1) is 7.59. The van der Waals surface area contributed by atoms with E-state index in [-0.39, 0.29) is 0 Å². The minimum atomic E-state index is -1.06. The van der Waals surface area contributed by atoms with Crippen molar-refractivity contribution in [3.05, 3.63) is 16.6 Å². The Morgan fingerprint density at radius 3 is 2.94 bits per heavy atom. The van der Waals surface area contributed by atoms with Gasteiger partial charge in [0.15, 0.2) is 0 Å². The molecule has 0 spiro atoms. The number of aliphatic carboxylic acids is 1. The van der Waals surface area contributed by atoms with E-state index < -0.39 is 18.0 Å². The monoisotopic (exact) mass is 243 g/mol. The summed E-state index contributed by atoms with van der Waals surface area (Å²) in [5.41, 5.74) is 2.64. The molecule has 2 amide bonds. The smallest absolute Gasteiger partial charge is 0.325 e. The van der Waals surface area contributed by atoms with E-state index in [4.69, 9.17) is 5.11 Å². The number of rotatable bonds is 5. The molecule has 0 aliphatic carbocycles. The van der Waals surface area contributed by atoms with Crippen molar-refractivity contribution in [1.82, 2.24) is 15.6 Å². The summed E-state index contributed by atoms with van der Waals surface area (Å²) in [6.45, 7) is 1.84. The Labute approximate surface area is 96.7 Å². The first-order valence-electron chi connectivity index (χ1n) is 4.74. The average molecular weight is 243 g/mol. The van der Waals surface area contributed by atoms with E-state index in [0.717, 1.165) is 5.69 Å². The Hall–Kier alpha value is -1.63. The molecular weight excluding hydrogens is 230 g/mol. The van der Waals surface area contributed by atoms with Crippen LogP contribution in [0.15, 0.2) is 10.9 Å². The quantitative estimate of drug-likeness (QED) is 0.700. The summed E-state index contributed by atoms with van der Waals surface area (Å²) in [6.07, 6.45) is 0.637. The van der Waals surface area contributed by atoms with Crippen LogP contribution in [0, 0.1) is 0 Å². The SMILES string of the molecule is C[C@H](NC(=O)NCCc1cscn1)C(=O)O. The normalized spacial score (nSPS) is 11.8. The van der Waals surface area contributed by atoms with E-state index in [0.29, 0.717) is 13.0 Å². The van der Waals surface area contributed by atoms with Crippen LogP contribution >= 0.6 is 11.3 Å². The fourth-order valence-corrected chi connectivity index (χ4v) is 1.57. The van der Waals surface area contributed by atoms with Gasteiger partial charge in [-0.2, -0.15) is 0 Å². The van der Waals surface area contributed by atoms with Crippen LogP contribution in [-0.4, -0.2) is 34.7 Å². The summed E-state index contributed by atoms with van der Waals surface area (Å²) in [4.78, 5) is 25.7. The molecular formula is C9H13N3O3S. The van der Waals surface area contributed by atoms with E-state index in [1.54, 1.807) is 5.51 Å². The van der Waals surface area contributed by atoms with Gasteiger partial charge < -0.3 is 15.7 Å². The van der Waals surface area contributed by atoms with E-state index in [1.165, 1.54) is 18.3 Å². The molecule has 0 saturated carbocycles. The molecule has 1 atom stereocenters. The van der Waals surface area contributed by atoms with Crippen molar-refractivity contribution < 1.29 is 14.7 Å². The number of carbonyl (C=O) groups is 2. The third-order valence-corrected chi connectivity index (χ3v) is 2.50. The first-order valence-corrected chi connectivity index (χ1v) is 5.68. The number of hydrogen-bond acceptors (Lipinski definition) is 4. The van der Waals surface area contributed by atoms with Crippen LogP contribution in [0.1, 0.15) is 12.6 Å². The summed E-state index contributed by atoms with van der Waals surface area (Å²) < 4.78 is 0. The standard InChI is InChI=1S/C9H13N3O3S/c1-6(8(13)14)12-9(15)10-3-2-7-4-16-5-11-7/h4-6H,2-3H2,1H3,(H,13,14)(H2,10,12,15)/t6-/m0/s1. The summed E-state index contributed by atoms with van der Waals surface area (Å²) in [5.74, 6) is -1.06. The number of nitrogens with one attached hydrogen (secondary N) is 2. The number of hydrogen-bond donors (Lipinski definition) is 3. The molecule has 88 valence electrons. The Balaban J connectivity index is 2.18. The molecule has 16 heavy (non-hydrogen) atoms. The van der Waals surface area contributed by atoms with Gasteiger partial charge in [-0.25, -0.2) is 9.78 Å². The Bertz CT molecular complexity index is 353. The van der Waals surface area contributed by atoms with Crippen LogP contribution in [0.5, 0.6) is 0 Å². The number of thiazole rings is 1. The van der Waals surface area contributed by atoms with Gasteiger partial charge in [-0.1, -0.05) is 0 Å². The van der Waals surface area contributed by atoms with Crippen molar-refractivity contribution in [2.75, 3.05) is 6.54 Å². The van der Waals surface area contributed by atoms with Crippen molar-refractivity contribution >= 4 is 23.3 Å². The second kappa shape index (κ2) is 6.06. The maximum atomic E-state index is 11.2. The lowest BCUT2D eigenvalue weighted by Gasteiger charge is -2.09. The predicted molar refractivity (Wildman–Crippen MR) is 59.5 cm³/mol. The maximum absolute atomic E-state index is 11.2. The van der Waals surface area contributed by atoms with Crippen LogP contribution in [0.25, 0.3) is 0 Å². The van der Waals surface area contributed by atoms with Gasteiger partial charge >= 0.3 is 12.0 Å². The summed E-state index contributed by atoms with van der Waals surface area (Å²) in [5, 5.41) is 15.3. The van der Waals surface area contributed by atoms with Gasteiger partial charge in [0, 0.05) is 18.3 Å². The second-order valence-corrected chi connectivity index (χ2v) is 3.91. The number of amides is 2. The van der Waals surface area contributed by atoms with Crippen LogP contribution in [0.2, 0.25) is 0 Å². The number of aromatic nitrogens is 1. The van der Waals surface area contributed by atoms with Crippen molar-refractivity contribution in [1.29, 1.82) is 0 Å². The van der Waals surface area contributed by atoms with Gasteiger partial charge in [-0.15, -0.1) is 11.3 Å². The number of carboxylic acids is 1. The molecule has 1 aromatic heterocycles. The third kappa shape index (κ3) is 4.26. The molecule has 0 unspecified atom stereocenters. The Kier molecular flexibility index (Phi) is 4.71. The van der Waals surface area contributed by atoms with Gasteiger partial charge in [0.05, 0.1) is 11.2 Å². The Morgan fingerprint density at radius 1 is 1.62 bits per heavy atom. The van der Waals surface area contributed by atoms with Gasteiger partial charge in [-0.05, 0) is 6.92 Å². The highest BCUT2D eigenvalue weighted by atomic mass is 32.1. The molecule has 0 saturated heterocycles. The van der Waals surface area contributed by atoms with Crippen LogP contribution in [0.3, 0.4) is 0 Å². The minimum absolute atomic E-state index is 0.432. The molecule has 0 aliphatic heterocycles. The lowest BCUT2D eigenvalue weighted by atomic mass is 10.3. The highest BCUT2D eigenvalue weighted by Gasteiger charge is 2.12. The minimum Gasteiger partial charge on any atom is -0.480 e. The molecule has 0 bridgehead atoms. The van der Waals surface area contributed by atoms with E-state index in [1.807, 2.05) is 5.38 Å². The van der Waals surface area contributed by atoms with Crippen LogP contribution < -0.4 is 10.6 Å². The van der Waals surface area contributed by atoms with Crippen LogP contribution in [-0.2, 0) is 11.2 Å². The van der Waals surface area contributed by atoms with Crippen molar-refractivity contribution in [3.63, 3.8) is 0 Å². The highest BCUT2D eigenvalue weighted by molar-refractivity contribution is 7.07. The van der Waals surface area contributed by atoms with Crippen molar-refractivity contribution in [2.45, 2.75) is 19.4 Å². The average Bonchev–Trinajstić information content (AvgIpc) is 2.70. The lowest BCUT2D eigenvalue weighted by Crippen LogP contribution is -2.44. The van der Waals surface area contributed by atoms with Crippen molar-refractivity contribution in [2.24, 2.45) is 0 Å². The number of carbonyl (C=O) groups excluding carboxylic acids is 1. The van der Waals surface area contributed by atoms with Crippen molar-refractivity contribution in [3.8, 4) is 0 Å². The zero-order valence-electron chi connectivity index (χ0n) is 8.77. The highest BCUT2D eigenvalue weighted by Crippen LogP contribution is 2.00. The van der Waals surface area contributed by atoms with Gasteiger partial charge in [0.2, 0.25) is 0 Å². The second-order valence-electron chi connectivity index (χ2n) is 3.19. The van der Waals surface area contributed by atoms with Crippen LogP contribution in [0.4, 0.5) is 4.79 Å². The molecule has 0 aromatic carbocycles. The van der Waals surface area contributed by atoms with E-state index >= 15 is 0 Å². The number of urea groups is 1. The fourth-order valence-electron chi connectivity index (χ4n) is 0.975. The summed E-state index contributed by atoms with van der Waals surface area (Å²) in [6, 6.07) is -1.37. The molecule has 1 heterocycles. The van der Waals surface area contributed by atoms with E-state index in [2.05, 4.69) is 15.6 Å². The van der Waals surface area contributed by atoms with Gasteiger partial charge in [0.25, 0.3) is 0 Å². The number of carboxylic acid groups (broad SMARTS) is 1. The third-order valence-electron chi connectivity index (χ3n) is 1.87. The largest absolute Gasteiger partial charge is 0.480 e. The first kappa shape index (κ1) is 12.4. The molecule has 0 aliphatic rings.